The first-order valence-electron chi connectivity index (χ1n) is 8.12. The molecule has 0 heterocycles. The van der Waals surface area contributed by atoms with Crippen molar-refractivity contribution in [3.05, 3.63) is 71.8 Å². The minimum Gasteiger partial charge on any atom is -0.445 e. The Morgan fingerprint density at radius 3 is 2.08 bits per heavy atom. The summed E-state index contributed by atoms with van der Waals surface area (Å²) in [7, 11) is 0. The number of hydrogen-bond acceptors (Lipinski definition) is 4. The number of primary amides is 1. The van der Waals surface area contributed by atoms with E-state index in [2.05, 4.69) is 10.6 Å². The molecule has 0 fully saturated rings. The van der Waals surface area contributed by atoms with Gasteiger partial charge in [0.25, 0.3) is 0 Å². The van der Waals surface area contributed by atoms with Crippen molar-refractivity contribution in [3.8, 4) is 0 Å². The molecule has 4 N–H and O–H groups in total. The van der Waals surface area contributed by atoms with Crippen LogP contribution >= 0.6 is 0 Å². The van der Waals surface area contributed by atoms with Gasteiger partial charge in [-0.05, 0) is 11.1 Å². The number of rotatable bonds is 8. The Labute approximate surface area is 151 Å². The van der Waals surface area contributed by atoms with Crippen LogP contribution < -0.4 is 16.4 Å². The molecule has 0 aromatic heterocycles. The topological polar surface area (TPSA) is 111 Å². The second-order valence-electron chi connectivity index (χ2n) is 5.63. The normalized spacial score (nSPS) is 11.2. The van der Waals surface area contributed by atoms with Crippen LogP contribution in [0.2, 0.25) is 0 Å². The Kier molecular flexibility index (Phi) is 7.17. The summed E-state index contributed by atoms with van der Waals surface area (Å²) in [6.45, 7) is -0.210. The Morgan fingerprint density at radius 2 is 1.50 bits per heavy atom. The minimum absolute atomic E-state index is 0.0909. The fraction of sp³-hybridized carbons (Fsp3) is 0.211. The van der Waals surface area contributed by atoms with E-state index in [0.29, 0.717) is 0 Å². The first kappa shape index (κ1) is 19.0. The maximum Gasteiger partial charge on any atom is 0.408 e. The van der Waals surface area contributed by atoms with Crippen molar-refractivity contribution in [1.82, 2.24) is 10.6 Å². The van der Waals surface area contributed by atoms with E-state index in [9.17, 15) is 14.4 Å². The van der Waals surface area contributed by atoms with Crippen molar-refractivity contribution >= 4 is 17.9 Å². The van der Waals surface area contributed by atoms with Gasteiger partial charge in [0.15, 0.2) is 0 Å². The van der Waals surface area contributed by atoms with Crippen LogP contribution in [0.3, 0.4) is 0 Å². The molecule has 0 unspecified atom stereocenters. The van der Waals surface area contributed by atoms with Gasteiger partial charge in [-0.3, -0.25) is 9.59 Å². The summed E-state index contributed by atoms with van der Waals surface area (Å²) in [6.07, 6.45) is -0.463. The molecule has 0 saturated heterocycles. The van der Waals surface area contributed by atoms with Crippen molar-refractivity contribution in [1.29, 1.82) is 0 Å². The fourth-order valence-electron chi connectivity index (χ4n) is 2.26. The Balaban J connectivity index is 1.96. The molecule has 3 amide bonds. The largest absolute Gasteiger partial charge is 0.445 e. The molecule has 2 aromatic rings. The van der Waals surface area contributed by atoms with Crippen LogP contribution in [-0.4, -0.2) is 30.5 Å². The van der Waals surface area contributed by atoms with Crippen LogP contribution in [0.4, 0.5) is 4.79 Å². The van der Waals surface area contributed by atoms with E-state index in [1.807, 2.05) is 60.7 Å². The van der Waals surface area contributed by atoms with Gasteiger partial charge in [-0.15, -0.1) is 0 Å². The monoisotopic (exact) mass is 355 g/mol. The van der Waals surface area contributed by atoms with E-state index in [1.54, 1.807) is 0 Å². The number of alkyl carbamates (subject to hydrolysis) is 1. The molecule has 2 rings (SSSR count). The molecular formula is C19H21N3O4. The van der Waals surface area contributed by atoms with Gasteiger partial charge >= 0.3 is 6.09 Å². The van der Waals surface area contributed by atoms with Gasteiger partial charge in [-0.2, -0.15) is 0 Å². The summed E-state index contributed by atoms with van der Waals surface area (Å²) in [5.74, 6) is -1.17. The predicted octanol–water partition coefficient (Wildman–Crippen LogP) is 1.13. The van der Waals surface area contributed by atoms with Gasteiger partial charge in [0.05, 0.1) is 6.54 Å². The van der Waals surface area contributed by atoms with E-state index < -0.39 is 23.9 Å². The summed E-state index contributed by atoms with van der Waals surface area (Å²) >= 11 is 0. The summed E-state index contributed by atoms with van der Waals surface area (Å²) in [5, 5.41) is 4.93. The van der Waals surface area contributed by atoms with Gasteiger partial charge in [-0.25, -0.2) is 4.79 Å². The summed E-state index contributed by atoms with van der Waals surface area (Å²) in [4.78, 5) is 35.2. The summed E-state index contributed by atoms with van der Waals surface area (Å²) in [5.41, 5.74) is 6.73. The van der Waals surface area contributed by atoms with Gasteiger partial charge in [0, 0.05) is 6.42 Å². The number of hydrogen-bond donors (Lipinski definition) is 3. The molecule has 26 heavy (non-hydrogen) atoms. The third kappa shape index (κ3) is 6.64. The molecular weight excluding hydrogens is 334 g/mol. The van der Waals surface area contributed by atoms with Crippen molar-refractivity contribution < 1.29 is 19.1 Å². The van der Waals surface area contributed by atoms with E-state index >= 15 is 0 Å². The number of carbonyl (C=O) groups is 3. The lowest BCUT2D eigenvalue weighted by Gasteiger charge is -2.18. The predicted molar refractivity (Wildman–Crippen MR) is 95.9 cm³/mol. The highest BCUT2D eigenvalue weighted by Crippen LogP contribution is 2.05. The Hall–Kier alpha value is -3.35. The molecule has 0 aliphatic rings. The minimum atomic E-state index is -0.889. The summed E-state index contributed by atoms with van der Waals surface area (Å²) in [6, 6.07) is 17.5. The maximum absolute atomic E-state index is 12.3. The van der Waals surface area contributed by atoms with Gasteiger partial charge in [0.2, 0.25) is 11.8 Å². The third-order valence-electron chi connectivity index (χ3n) is 3.54. The second kappa shape index (κ2) is 9.83. The van der Waals surface area contributed by atoms with Crippen LogP contribution in [0.15, 0.2) is 60.7 Å². The number of benzene rings is 2. The van der Waals surface area contributed by atoms with Crippen molar-refractivity contribution in [3.63, 3.8) is 0 Å². The molecule has 0 spiro atoms. The highest BCUT2D eigenvalue weighted by molar-refractivity contribution is 5.89. The van der Waals surface area contributed by atoms with E-state index in [0.717, 1.165) is 11.1 Å². The zero-order valence-electron chi connectivity index (χ0n) is 14.2. The number of ether oxygens (including phenoxy) is 1. The van der Waals surface area contributed by atoms with Crippen LogP contribution in [0.25, 0.3) is 0 Å². The SMILES string of the molecule is NC(=O)CNC(=O)[C@H](Cc1ccccc1)NC(=O)OCc1ccccc1. The highest BCUT2D eigenvalue weighted by atomic mass is 16.5. The van der Waals surface area contributed by atoms with Crippen molar-refractivity contribution in [2.75, 3.05) is 6.54 Å². The average molecular weight is 355 g/mol. The van der Waals surface area contributed by atoms with Gasteiger partial charge in [-0.1, -0.05) is 60.7 Å². The maximum atomic E-state index is 12.3. The standard InChI is InChI=1S/C19H21N3O4/c20-17(23)12-21-18(24)16(11-14-7-3-1-4-8-14)22-19(25)26-13-15-9-5-2-6-10-15/h1-10,16H,11-13H2,(H2,20,23)(H,21,24)(H,22,25)/t16-/m0/s1. The number of nitrogens with two attached hydrogens (primary N) is 1. The lowest BCUT2D eigenvalue weighted by molar-refractivity contribution is -0.126. The van der Waals surface area contributed by atoms with E-state index in [4.69, 9.17) is 10.5 Å². The first-order valence-corrected chi connectivity index (χ1v) is 8.12. The molecule has 7 heteroatoms. The second-order valence-corrected chi connectivity index (χ2v) is 5.63. The number of carbonyl (C=O) groups excluding carboxylic acids is 3. The molecule has 7 nitrogen and oxygen atoms in total. The Bertz CT molecular complexity index is 735. The van der Waals surface area contributed by atoms with Crippen LogP contribution in [0.1, 0.15) is 11.1 Å². The molecule has 0 bridgehead atoms. The fourth-order valence-corrected chi connectivity index (χ4v) is 2.26. The molecule has 0 radical (unpaired) electrons. The Morgan fingerprint density at radius 1 is 0.923 bits per heavy atom. The smallest absolute Gasteiger partial charge is 0.408 e. The third-order valence-corrected chi connectivity index (χ3v) is 3.54. The lowest BCUT2D eigenvalue weighted by Crippen LogP contribution is -2.49. The van der Waals surface area contributed by atoms with E-state index in [-0.39, 0.29) is 19.6 Å². The number of amides is 3. The molecule has 0 saturated carbocycles. The zero-order valence-corrected chi connectivity index (χ0v) is 14.2. The molecule has 136 valence electrons. The zero-order chi connectivity index (χ0) is 18.8. The van der Waals surface area contributed by atoms with Crippen molar-refractivity contribution in [2.24, 2.45) is 5.73 Å². The van der Waals surface area contributed by atoms with Crippen LogP contribution in [0.5, 0.6) is 0 Å². The lowest BCUT2D eigenvalue weighted by atomic mass is 10.1. The molecule has 1 atom stereocenters. The highest BCUT2D eigenvalue weighted by Gasteiger charge is 2.22. The molecule has 2 aromatic carbocycles. The average Bonchev–Trinajstić information content (AvgIpc) is 2.65. The van der Waals surface area contributed by atoms with Crippen molar-refractivity contribution in [2.45, 2.75) is 19.1 Å². The first-order chi connectivity index (χ1) is 12.5. The number of nitrogens with one attached hydrogen (secondary N) is 2. The van der Waals surface area contributed by atoms with Crippen LogP contribution in [0, 0.1) is 0 Å². The van der Waals surface area contributed by atoms with E-state index in [1.165, 1.54) is 0 Å². The molecule has 0 aliphatic heterocycles. The summed E-state index contributed by atoms with van der Waals surface area (Å²) < 4.78 is 5.15. The van der Waals surface area contributed by atoms with Gasteiger partial charge in [0.1, 0.15) is 12.6 Å². The van der Waals surface area contributed by atoms with Crippen LogP contribution in [-0.2, 0) is 27.4 Å². The quantitative estimate of drug-likeness (QED) is 0.659. The molecule has 0 aliphatic carbocycles. The van der Waals surface area contributed by atoms with Gasteiger partial charge < -0.3 is 21.1 Å².